The average molecular weight is 522 g/mol. The summed E-state index contributed by atoms with van der Waals surface area (Å²) in [5.41, 5.74) is 2.70. The molecule has 34 heavy (non-hydrogen) atoms. The van der Waals surface area contributed by atoms with Gasteiger partial charge in [0.1, 0.15) is 12.3 Å². The highest BCUT2D eigenvalue weighted by Gasteiger charge is 2.29. The molecule has 0 spiro atoms. The number of nitrogens with zero attached hydrogens (tertiary/aromatic N) is 2. The number of anilines is 1. The van der Waals surface area contributed by atoms with Crippen LogP contribution in [0, 0.1) is 0 Å². The summed E-state index contributed by atoms with van der Waals surface area (Å²) in [5, 5.41) is 5.16. The summed E-state index contributed by atoms with van der Waals surface area (Å²) >= 11 is 7.49. The van der Waals surface area contributed by atoms with Crippen LogP contribution in [0.25, 0.3) is 35.8 Å². The van der Waals surface area contributed by atoms with Crippen molar-refractivity contribution in [1.29, 1.82) is 0 Å². The molecule has 0 saturated carbocycles. The third-order valence-electron chi connectivity index (χ3n) is 6.02. The van der Waals surface area contributed by atoms with Gasteiger partial charge in [0, 0.05) is 27.4 Å². The van der Waals surface area contributed by atoms with Gasteiger partial charge in [-0.3, -0.25) is 0 Å². The minimum atomic E-state index is 0.645. The third-order valence-corrected chi connectivity index (χ3v) is 10.8. The Morgan fingerprint density at radius 1 is 0.941 bits per heavy atom. The van der Waals surface area contributed by atoms with Crippen molar-refractivity contribution in [3.05, 3.63) is 70.4 Å². The summed E-state index contributed by atoms with van der Waals surface area (Å²) in [4.78, 5) is 2.43. The van der Waals surface area contributed by atoms with Crippen molar-refractivity contribution in [1.82, 2.24) is 0 Å². The van der Waals surface area contributed by atoms with Gasteiger partial charge in [-0.05, 0) is 39.0 Å². The van der Waals surface area contributed by atoms with Gasteiger partial charge in [-0.25, -0.2) is 0 Å². The molecule has 0 N–H and O–H groups in total. The van der Waals surface area contributed by atoms with E-state index in [0.29, 0.717) is 6.61 Å². The highest BCUT2D eigenvalue weighted by Crippen LogP contribution is 2.54. The van der Waals surface area contributed by atoms with Crippen molar-refractivity contribution in [2.75, 3.05) is 18.1 Å². The minimum Gasteiger partial charge on any atom is -0.493 e. The van der Waals surface area contributed by atoms with E-state index in [1.807, 2.05) is 45.8 Å². The topological polar surface area (TPSA) is 16.4 Å². The van der Waals surface area contributed by atoms with Crippen LogP contribution < -0.4 is 9.47 Å². The highest BCUT2D eigenvalue weighted by molar-refractivity contribution is 8.05. The number of benzene rings is 2. The molecule has 172 valence electrons. The Balaban J connectivity index is 1.44. The molecule has 0 fully saturated rings. The lowest BCUT2D eigenvalue weighted by Gasteiger charge is -2.18. The molecule has 3 nitrogen and oxygen atoms in total. The number of aromatic nitrogens is 1. The first-order chi connectivity index (χ1) is 16.7. The van der Waals surface area contributed by atoms with Crippen molar-refractivity contribution in [3.8, 4) is 0 Å². The van der Waals surface area contributed by atoms with Crippen molar-refractivity contribution >= 4 is 87.2 Å². The summed E-state index contributed by atoms with van der Waals surface area (Å²) in [6.45, 7) is 9.02. The zero-order valence-electron chi connectivity index (χ0n) is 19.3. The first-order valence-corrected chi connectivity index (χ1v) is 14.8. The Morgan fingerprint density at radius 3 is 2.41 bits per heavy atom. The maximum Gasteiger partial charge on any atom is 0.267 e. The molecule has 6 rings (SSSR count). The number of allylic oxidation sites excluding steroid dienone is 1. The predicted molar refractivity (Wildman–Crippen MR) is 151 cm³/mol. The third kappa shape index (κ3) is 3.57. The van der Waals surface area contributed by atoms with Crippen LogP contribution in [0.5, 0.6) is 0 Å². The normalized spacial score (nSPS) is 15.3. The molecule has 0 radical (unpaired) electrons. The van der Waals surface area contributed by atoms with Crippen LogP contribution in [0.3, 0.4) is 0 Å². The van der Waals surface area contributed by atoms with E-state index < -0.39 is 0 Å². The van der Waals surface area contributed by atoms with Gasteiger partial charge >= 0.3 is 0 Å². The van der Waals surface area contributed by atoms with Crippen LogP contribution in [0.2, 0.25) is 0 Å². The van der Waals surface area contributed by atoms with E-state index in [1.165, 1.54) is 49.6 Å². The number of hydrogen-bond donors (Lipinski definition) is 0. The van der Waals surface area contributed by atoms with Crippen molar-refractivity contribution in [2.24, 2.45) is 0 Å². The molecule has 0 unspecified atom stereocenters. The molecule has 0 aliphatic carbocycles. The molecule has 0 saturated heterocycles. The van der Waals surface area contributed by atoms with E-state index in [4.69, 9.17) is 4.74 Å². The number of thiophene rings is 2. The molecule has 2 aromatic carbocycles. The van der Waals surface area contributed by atoms with Gasteiger partial charge in [0.05, 0.1) is 33.0 Å². The second kappa shape index (κ2) is 9.04. The molecule has 5 aromatic rings. The summed E-state index contributed by atoms with van der Waals surface area (Å²) in [5.74, 6) is 0.920. The molecule has 7 heteroatoms. The van der Waals surface area contributed by atoms with Crippen LogP contribution in [-0.4, -0.2) is 13.2 Å². The van der Waals surface area contributed by atoms with E-state index in [0.717, 1.165) is 18.8 Å². The molecule has 1 aliphatic rings. The van der Waals surface area contributed by atoms with Gasteiger partial charge in [0.2, 0.25) is 5.52 Å². The Labute approximate surface area is 215 Å². The highest BCUT2D eigenvalue weighted by atomic mass is 32.2. The summed E-state index contributed by atoms with van der Waals surface area (Å²) in [7, 11) is 0. The van der Waals surface area contributed by atoms with Gasteiger partial charge in [-0.2, -0.15) is 4.57 Å². The maximum atomic E-state index is 6.17. The van der Waals surface area contributed by atoms with Crippen LogP contribution in [-0.2, 0) is 11.3 Å². The monoisotopic (exact) mass is 521 g/mol. The van der Waals surface area contributed by atoms with E-state index in [2.05, 4.69) is 90.9 Å². The lowest BCUT2D eigenvalue weighted by Crippen LogP contribution is -2.33. The van der Waals surface area contributed by atoms with Crippen molar-refractivity contribution in [2.45, 2.75) is 31.5 Å². The number of thioether (sulfide) groups is 1. The first-order valence-electron chi connectivity index (χ1n) is 11.6. The smallest absolute Gasteiger partial charge is 0.267 e. The van der Waals surface area contributed by atoms with E-state index >= 15 is 0 Å². The fraction of sp³-hybridized carbons (Fsp3) is 0.222. The van der Waals surface area contributed by atoms with Crippen molar-refractivity contribution < 1.29 is 9.30 Å². The van der Waals surface area contributed by atoms with E-state index in [1.54, 1.807) is 0 Å². The molecule has 0 bridgehead atoms. The average Bonchev–Trinajstić information content (AvgIpc) is 3.56. The Hall–Kier alpha value is -2.32. The summed E-state index contributed by atoms with van der Waals surface area (Å²) in [6.07, 6.45) is 4.45. The second-order valence-corrected chi connectivity index (χ2v) is 12.6. The summed E-state index contributed by atoms with van der Waals surface area (Å²) < 4.78 is 14.1. The molecular weight excluding hydrogens is 497 g/mol. The quantitative estimate of drug-likeness (QED) is 0.165. The van der Waals surface area contributed by atoms with Gasteiger partial charge in [-0.15, -0.1) is 22.7 Å². The zero-order chi connectivity index (χ0) is 23.2. The van der Waals surface area contributed by atoms with Gasteiger partial charge in [0.15, 0.2) is 4.01 Å². The fourth-order valence-electron chi connectivity index (χ4n) is 4.57. The first kappa shape index (κ1) is 22.2. The number of hydrogen-bond acceptors (Lipinski definition) is 6. The molecule has 0 amide bonds. The van der Waals surface area contributed by atoms with E-state index in [-0.39, 0.29) is 0 Å². The maximum absolute atomic E-state index is 6.17. The van der Waals surface area contributed by atoms with Crippen LogP contribution in [0.15, 0.2) is 69.6 Å². The SMILES string of the molecule is CCOC(=C\c1sc2sc3ccccc3c2[n+]1CC)/C=C1\Sc2sc3ccccc3c2N1CC. The largest absolute Gasteiger partial charge is 0.493 e. The standard InChI is InChI=1S/C27H25N2OS4/c1-4-28-22(33-26-24(28)18-11-7-9-13-20(18)31-26)15-17(30-6-3)16-23-29(5-2)25-19-12-8-10-14-21(19)32-27(25)34-23/h7-16H,4-6H2,1-3H3/q+1. The number of rotatable bonds is 6. The Morgan fingerprint density at radius 2 is 1.68 bits per heavy atom. The van der Waals surface area contributed by atoms with Crippen molar-refractivity contribution in [3.63, 3.8) is 0 Å². The molecule has 3 aromatic heterocycles. The fourth-order valence-corrected chi connectivity index (χ4v) is 9.85. The molecule has 1 aliphatic heterocycles. The van der Waals surface area contributed by atoms with Gasteiger partial charge in [-0.1, -0.05) is 53.4 Å². The Kier molecular flexibility index (Phi) is 5.89. The molecular formula is C27H25N2OS4+. The number of thiazole rings is 1. The number of fused-ring (bicyclic) bond motifs is 6. The van der Waals surface area contributed by atoms with Crippen LogP contribution in [0.4, 0.5) is 5.69 Å². The molecule has 0 atom stereocenters. The number of ether oxygens (including phenoxy) is 1. The second-order valence-electron chi connectivity index (χ2n) is 7.96. The van der Waals surface area contributed by atoms with Crippen LogP contribution >= 0.6 is 45.8 Å². The van der Waals surface area contributed by atoms with Gasteiger partial charge < -0.3 is 9.64 Å². The lowest BCUT2D eigenvalue weighted by molar-refractivity contribution is -0.664. The van der Waals surface area contributed by atoms with E-state index in [9.17, 15) is 0 Å². The summed E-state index contributed by atoms with van der Waals surface area (Å²) in [6, 6.07) is 17.4. The zero-order valence-corrected chi connectivity index (χ0v) is 22.6. The van der Waals surface area contributed by atoms with Crippen LogP contribution in [0.1, 0.15) is 25.8 Å². The predicted octanol–water partition coefficient (Wildman–Crippen LogP) is 8.49. The van der Waals surface area contributed by atoms with Gasteiger partial charge in [0.25, 0.3) is 5.01 Å². The molecule has 4 heterocycles. The Bertz CT molecular complexity index is 1590. The lowest BCUT2D eigenvalue weighted by atomic mass is 10.2. The minimum absolute atomic E-state index is 0.645. The number of aryl methyl sites for hydroxylation is 1.